The van der Waals surface area contributed by atoms with Gasteiger partial charge in [0.1, 0.15) is 5.15 Å². The average Bonchev–Trinajstić information content (AvgIpc) is 2.79. The van der Waals surface area contributed by atoms with Gasteiger partial charge in [0, 0.05) is 11.9 Å². The molecule has 0 saturated heterocycles. The first-order valence-electron chi connectivity index (χ1n) is 5.02. The Kier molecular flexibility index (Phi) is 3.88. The number of anilines is 1. The lowest BCUT2D eigenvalue weighted by Gasteiger charge is -2.06. The molecule has 0 aliphatic rings. The van der Waals surface area contributed by atoms with Crippen LogP contribution in [0.15, 0.2) is 29.0 Å². The average molecular weight is 331 g/mol. The third kappa shape index (κ3) is 2.83. The molecule has 0 aliphatic carbocycles. The molecule has 2 aromatic rings. The molecule has 3 N–H and O–H groups in total. The van der Waals surface area contributed by atoms with Crippen LogP contribution in [0, 0.1) is 0 Å². The van der Waals surface area contributed by atoms with Crippen molar-refractivity contribution in [3.8, 4) is 0 Å². The molecule has 0 amide bonds. The molecule has 0 spiro atoms. The summed E-state index contributed by atoms with van der Waals surface area (Å²) in [7, 11) is 0. The highest BCUT2D eigenvalue weighted by molar-refractivity contribution is 9.10. The molecule has 2 rings (SSSR count). The SMILES string of the molecule is O=C(O)c1cc[nH]c1CNc1cnc(Cl)c(Br)c1. The minimum Gasteiger partial charge on any atom is -0.478 e. The van der Waals surface area contributed by atoms with Crippen molar-refractivity contribution in [2.75, 3.05) is 5.32 Å². The minimum atomic E-state index is -0.955. The maximum atomic E-state index is 10.9. The van der Waals surface area contributed by atoms with Crippen LogP contribution >= 0.6 is 27.5 Å². The van der Waals surface area contributed by atoms with Gasteiger partial charge in [-0.15, -0.1) is 0 Å². The molecule has 18 heavy (non-hydrogen) atoms. The molecular weight excluding hydrogens is 321 g/mol. The van der Waals surface area contributed by atoms with Crippen LogP contribution in [-0.4, -0.2) is 21.0 Å². The maximum Gasteiger partial charge on any atom is 0.337 e. The predicted molar refractivity (Wildman–Crippen MR) is 72.0 cm³/mol. The number of aromatic nitrogens is 2. The quantitative estimate of drug-likeness (QED) is 0.753. The zero-order valence-corrected chi connectivity index (χ0v) is 11.4. The first kappa shape index (κ1) is 12.9. The van der Waals surface area contributed by atoms with Gasteiger partial charge in [0.25, 0.3) is 0 Å². The lowest BCUT2D eigenvalue weighted by molar-refractivity contribution is 0.0696. The number of rotatable bonds is 4. The summed E-state index contributed by atoms with van der Waals surface area (Å²) in [4.78, 5) is 17.8. The van der Waals surface area contributed by atoms with Crippen molar-refractivity contribution in [1.29, 1.82) is 0 Å². The van der Waals surface area contributed by atoms with Gasteiger partial charge in [-0.3, -0.25) is 0 Å². The van der Waals surface area contributed by atoms with Crippen molar-refractivity contribution < 1.29 is 9.90 Å². The van der Waals surface area contributed by atoms with Crippen molar-refractivity contribution >= 4 is 39.2 Å². The van der Waals surface area contributed by atoms with E-state index >= 15 is 0 Å². The number of H-pyrrole nitrogens is 1. The Morgan fingerprint density at radius 2 is 2.39 bits per heavy atom. The highest BCUT2D eigenvalue weighted by Gasteiger charge is 2.10. The second kappa shape index (κ2) is 5.41. The molecule has 0 unspecified atom stereocenters. The Bertz CT molecular complexity index is 585. The molecule has 0 saturated carbocycles. The van der Waals surface area contributed by atoms with E-state index in [0.29, 0.717) is 21.9 Å². The van der Waals surface area contributed by atoms with Gasteiger partial charge < -0.3 is 15.4 Å². The third-order valence-corrected chi connectivity index (χ3v) is 3.46. The van der Waals surface area contributed by atoms with Crippen molar-refractivity contribution in [2.45, 2.75) is 6.54 Å². The van der Waals surface area contributed by atoms with Gasteiger partial charge in [0.15, 0.2) is 0 Å². The molecule has 0 radical (unpaired) electrons. The molecule has 94 valence electrons. The normalized spacial score (nSPS) is 10.3. The standard InChI is InChI=1S/C11H9BrClN3O2/c12-8-3-6(4-16-10(8)13)15-5-9-7(11(17)18)1-2-14-9/h1-4,14-15H,5H2,(H,17,18). The fraction of sp³-hybridized carbons (Fsp3) is 0.0909. The van der Waals surface area contributed by atoms with Crippen LogP contribution < -0.4 is 5.32 Å². The van der Waals surface area contributed by atoms with Crippen LogP contribution in [0.4, 0.5) is 5.69 Å². The largest absolute Gasteiger partial charge is 0.478 e. The van der Waals surface area contributed by atoms with Crippen LogP contribution in [0.3, 0.4) is 0 Å². The zero-order chi connectivity index (χ0) is 13.1. The van der Waals surface area contributed by atoms with Crippen molar-refractivity contribution in [2.24, 2.45) is 0 Å². The smallest absolute Gasteiger partial charge is 0.337 e. The monoisotopic (exact) mass is 329 g/mol. The van der Waals surface area contributed by atoms with Gasteiger partial charge in [-0.05, 0) is 28.1 Å². The number of aromatic carboxylic acids is 1. The number of nitrogens with one attached hydrogen (secondary N) is 2. The number of pyridine rings is 1. The summed E-state index contributed by atoms with van der Waals surface area (Å²) in [6.45, 7) is 0.365. The van der Waals surface area contributed by atoms with Gasteiger partial charge in [-0.1, -0.05) is 11.6 Å². The topological polar surface area (TPSA) is 78.0 Å². The summed E-state index contributed by atoms with van der Waals surface area (Å²) in [5.74, 6) is -0.955. The minimum absolute atomic E-state index is 0.253. The maximum absolute atomic E-state index is 10.9. The van der Waals surface area contributed by atoms with Gasteiger partial charge in [-0.25, -0.2) is 9.78 Å². The van der Waals surface area contributed by atoms with Crippen molar-refractivity contribution in [1.82, 2.24) is 9.97 Å². The molecule has 0 aromatic carbocycles. The highest BCUT2D eigenvalue weighted by atomic mass is 79.9. The zero-order valence-electron chi connectivity index (χ0n) is 9.08. The number of carboxylic acids is 1. The van der Waals surface area contributed by atoms with E-state index in [0.717, 1.165) is 5.69 Å². The highest BCUT2D eigenvalue weighted by Crippen LogP contribution is 2.23. The summed E-state index contributed by atoms with van der Waals surface area (Å²) in [6.07, 6.45) is 3.17. The lowest BCUT2D eigenvalue weighted by atomic mass is 10.2. The van der Waals surface area contributed by atoms with E-state index in [1.54, 1.807) is 18.5 Å². The fourth-order valence-electron chi connectivity index (χ4n) is 1.46. The van der Waals surface area contributed by atoms with Gasteiger partial charge in [-0.2, -0.15) is 0 Å². The van der Waals surface area contributed by atoms with Crippen molar-refractivity contribution in [3.05, 3.63) is 45.4 Å². The number of halogens is 2. The van der Waals surface area contributed by atoms with Crippen LogP contribution in [0.5, 0.6) is 0 Å². The number of aromatic amines is 1. The van der Waals surface area contributed by atoms with Gasteiger partial charge in [0.2, 0.25) is 0 Å². The van der Waals surface area contributed by atoms with Crippen LogP contribution in [0.25, 0.3) is 0 Å². The molecule has 0 fully saturated rings. The molecule has 0 aliphatic heterocycles. The Morgan fingerprint density at radius 1 is 1.61 bits per heavy atom. The van der Waals surface area contributed by atoms with E-state index in [9.17, 15) is 4.79 Å². The Balaban J connectivity index is 2.09. The first-order valence-corrected chi connectivity index (χ1v) is 6.19. The Hall–Kier alpha value is -1.53. The molecule has 2 heterocycles. The second-order valence-corrected chi connectivity index (χ2v) is 4.74. The lowest BCUT2D eigenvalue weighted by Crippen LogP contribution is -2.06. The number of hydrogen-bond acceptors (Lipinski definition) is 3. The number of carbonyl (C=O) groups is 1. The molecule has 5 nitrogen and oxygen atoms in total. The Morgan fingerprint density at radius 3 is 3.06 bits per heavy atom. The van der Waals surface area contributed by atoms with E-state index in [1.807, 2.05) is 0 Å². The summed E-state index contributed by atoms with van der Waals surface area (Å²) in [5.41, 5.74) is 1.61. The van der Waals surface area contributed by atoms with Crippen LogP contribution in [-0.2, 0) is 6.54 Å². The van der Waals surface area contributed by atoms with Crippen LogP contribution in [0.1, 0.15) is 16.1 Å². The summed E-state index contributed by atoms with van der Waals surface area (Å²) < 4.78 is 0.680. The predicted octanol–water partition coefficient (Wildman–Crippen LogP) is 3.14. The second-order valence-electron chi connectivity index (χ2n) is 3.53. The Labute approximate surface area is 116 Å². The van der Waals surface area contributed by atoms with E-state index in [2.05, 4.69) is 31.2 Å². The molecule has 0 bridgehead atoms. The van der Waals surface area contributed by atoms with E-state index in [4.69, 9.17) is 16.7 Å². The summed E-state index contributed by atoms with van der Waals surface area (Å²) in [5, 5.41) is 12.4. The fourth-order valence-corrected chi connectivity index (χ4v) is 1.91. The van der Waals surface area contributed by atoms with E-state index in [1.165, 1.54) is 6.07 Å². The molecule has 2 aromatic heterocycles. The molecule has 7 heteroatoms. The van der Waals surface area contributed by atoms with Gasteiger partial charge in [0.05, 0.1) is 28.5 Å². The molecule has 0 atom stereocenters. The summed E-state index contributed by atoms with van der Waals surface area (Å²) >= 11 is 9.04. The summed E-state index contributed by atoms with van der Waals surface area (Å²) in [6, 6.07) is 3.30. The molecular formula is C11H9BrClN3O2. The van der Waals surface area contributed by atoms with Crippen LogP contribution in [0.2, 0.25) is 5.15 Å². The van der Waals surface area contributed by atoms with Gasteiger partial charge >= 0.3 is 5.97 Å². The van der Waals surface area contributed by atoms with E-state index < -0.39 is 5.97 Å². The number of carboxylic acid groups (broad SMARTS) is 1. The first-order chi connectivity index (χ1) is 8.58. The number of hydrogen-bond donors (Lipinski definition) is 3. The van der Waals surface area contributed by atoms with E-state index in [-0.39, 0.29) is 5.56 Å². The van der Waals surface area contributed by atoms with Crippen molar-refractivity contribution in [3.63, 3.8) is 0 Å². The number of nitrogens with zero attached hydrogens (tertiary/aromatic N) is 1. The third-order valence-electron chi connectivity index (χ3n) is 2.33.